The summed E-state index contributed by atoms with van der Waals surface area (Å²) >= 11 is 1.96. The molecule has 7 nitrogen and oxygen atoms in total. The van der Waals surface area contributed by atoms with E-state index in [0.29, 0.717) is 22.5 Å². The summed E-state index contributed by atoms with van der Waals surface area (Å²) in [6.07, 6.45) is 19.6. The van der Waals surface area contributed by atoms with E-state index in [1.807, 2.05) is 23.7 Å². The van der Waals surface area contributed by atoms with Gasteiger partial charge in [0.15, 0.2) is 0 Å². The van der Waals surface area contributed by atoms with Crippen LogP contribution in [0.25, 0.3) is 0 Å². The molecule has 4 aliphatic carbocycles. The fraction of sp³-hybridized carbons (Fsp3) is 0.892. The van der Waals surface area contributed by atoms with Gasteiger partial charge < -0.3 is 15.5 Å². The number of unbranched alkanes of at least 4 members (excludes halogenated alkanes) is 1. The molecular formula is C37H60N4O3S. The minimum Gasteiger partial charge on any atom is -0.343 e. The van der Waals surface area contributed by atoms with E-state index in [-0.39, 0.29) is 36.1 Å². The summed E-state index contributed by atoms with van der Waals surface area (Å²) < 4.78 is 0. The molecule has 0 radical (unpaired) electrons. The second kappa shape index (κ2) is 13.5. The van der Waals surface area contributed by atoms with Gasteiger partial charge in [0, 0.05) is 30.5 Å². The van der Waals surface area contributed by atoms with E-state index in [2.05, 4.69) is 49.6 Å². The second-order valence-corrected chi connectivity index (χ2v) is 17.9. The van der Waals surface area contributed by atoms with Crippen molar-refractivity contribution < 1.29 is 9.59 Å². The molecule has 3 saturated carbocycles. The maximum Gasteiger partial charge on any atom is 0.315 e. The van der Waals surface area contributed by atoms with Gasteiger partial charge in [0.2, 0.25) is 5.91 Å². The lowest BCUT2D eigenvalue weighted by atomic mass is 9.46. The number of carbonyl (C=O) groups is 2. The fourth-order valence-corrected chi connectivity index (χ4v) is 13.1. The van der Waals surface area contributed by atoms with Crippen molar-refractivity contribution in [3.8, 4) is 0 Å². The van der Waals surface area contributed by atoms with Crippen molar-refractivity contribution in [3.63, 3.8) is 0 Å². The summed E-state index contributed by atoms with van der Waals surface area (Å²) in [4.78, 5) is 37.9. The number of fused-ring (bicyclic) bond motifs is 6. The average Bonchev–Trinajstić information content (AvgIpc) is 3.69. The minimum absolute atomic E-state index is 0.0250. The number of carbonyl (C=O) groups excluding carboxylic acids is 2. The molecule has 3 amide bonds. The molecule has 12 atom stereocenters. The van der Waals surface area contributed by atoms with Gasteiger partial charge in [0.05, 0.1) is 12.1 Å². The molecule has 6 rings (SSSR count). The molecule has 0 aromatic rings. The molecule has 0 spiro atoms. The topological polar surface area (TPSA) is 90.9 Å². The summed E-state index contributed by atoms with van der Waals surface area (Å²) in [7, 11) is 2.00. The lowest BCUT2D eigenvalue weighted by Crippen LogP contribution is -2.51. The van der Waals surface area contributed by atoms with Crippen LogP contribution in [-0.4, -0.2) is 59.1 Å². The monoisotopic (exact) mass is 640 g/mol. The molecule has 8 heteroatoms. The Balaban J connectivity index is 0.927. The lowest BCUT2D eigenvalue weighted by Gasteiger charge is -2.59. The first-order valence-corrected chi connectivity index (χ1v) is 19.6. The normalized spacial score (nSPS) is 41.4. The third-order valence-electron chi connectivity index (χ3n) is 14.4. The molecule has 0 aromatic carbocycles. The van der Waals surface area contributed by atoms with Gasteiger partial charge in [-0.05, 0) is 118 Å². The lowest BCUT2D eigenvalue weighted by molar-refractivity contribution is -0.131. The van der Waals surface area contributed by atoms with Gasteiger partial charge in [0.1, 0.15) is 6.04 Å². The summed E-state index contributed by atoms with van der Waals surface area (Å²) in [5.74, 6) is 5.32. The van der Waals surface area contributed by atoms with Gasteiger partial charge in [-0.3, -0.25) is 4.79 Å². The van der Waals surface area contributed by atoms with E-state index in [4.69, 9.17) is 0 Å². The van der Waals surface area contributed by atoms with E-state index in [0.717, 1.165) is 73.9 Å². The second-order valence-electron chi connectivity index (χ2n) is 16.6. The van der Waals surface area contributed by atoms with Crippen molar-refractivity contribution in [3.05, 3.63) is 16.6 Å². The number of nitrogens with one attached hydrogen (secondary N) is 2. The molecule has 2 unspecified atom stereocenters. The molecule has 45 heavy (non-hydrogen) atoms. The van der Waals surface area contributed by atoms with Crippen molar-refractivity contribution in [1.29, 1.82) is 0 Å². The van der Waals surface area contributed by atoms with Gasteiger partial charge in [-0.1, -0.05) is 56.9 Å². The maximum absolute atomic E-state index is 13.0. The Morgan fingerprint density at radius 1 is 1.04 bits per heavy atom. The van der Waals surface area contributed by atoms with Crippen LogP contribution < -0.4 is 10.6 Å². The zero-order valence-electron chi connectivity index (χ0n) is 28.7. The third kappa shape index (κ3) is 6.36. The minimum atomic E-state index is -0.0907. The quantitative estimate of drug-likeness (QED) is 0.0977. The zero-order chi connectivity index (χ0) is 31.9. The summed E-state index contributed by atoms with van der Waals surface area (Å²) in [6.45, 7) is 9.94. The molecule has 6 aliphatic rings. The standard InChI is InChI=1S/C37H60N4O3S/c1-23(9-8-10-24(2)41(5)33(42)12-7-6-11-32-34-31(22-45-32)38-35(43)39-34)28-15-16-29-27-14-13-25-21-26(40-44)17-19-36(25,3)30(27)18-20-37(28,29)4/h21,23-24,26-32,34H,6-20,22H2,1-5H3,(H2,38,39,43)/t23-,24?,26?,27+,28-,29+,30+,31+,32+,34+,36+,37-/m1/s1. The number of hydrogen-bond donors (Lipinski definition) is 2. The van der Waals surface area contributed by atoms with Crippen LogP contribution in [0.1, 0.15) is 124 Å². The Kier molecular flexibility index (Phi) is 10.0. The predicted molar refractivity (Wildman–Crippen MR) is 184 cm³/mol. The number of rotatable bonds is 12. The highest BCUT2D eigenvalue weighted by Gasteiger charge is 2.59. The van der Waals surface area contributed by atoms with Gasteiger partial charge in [-0.15, -0.1) is 0 Å². The highest BCUT2D eigenvalue weighted by atomic mass is 32.2. The SMILES string of the molecule is CC(CCC[C@@H](C)[C@H]1CC[C@H]2[C@@H]3CCC4=CC(N=O)CC[C@]4(C)[C@H]3CC[C@]12C)N(C)C(=O)CCCC[C@@H]1SC[C@@H]2NC(=O)N[C@@H]21. The molecule has 5 fully saturated rings. The van der Waals surface area contributed by atoms with E-state index < -0.39 is 0 Å². The highest BCUT2D eigenvalue weighted by molar-refractivity contribution is 8.00. The Labute approximate surface area is 276 Å². The van der Waals surface area contributed by atoms with Crippen molar-refractivity contribution in [2.75, 3.05) is 12.8 Å². The molecule has 2 aliphatic heterocycles. The average molecular weight is 641 g/mol. The van der Waals surface area contributed by atoms with Crippen LogP contribution in [0.15, 0.2) is 16.8 Å². The molecule has 2 saturated heterocycles. The van der Waals surface area contributed by atoms with Crippen LogP contribution in [0, 0.1) is 45.3 Å². The third-order valence-corrected chi connectivity index (χ3v) is 15.9. The van der Waals surface area contributed by atoms with Crippen molar-refractivity contribution in [2.45, 2.75) is 153 Å². The molecule has 0 aromatic heterocycles. The van der Waals surface area contributed by atoms with Crippen LogP contribution in [0.2, 0.25) is 0 Å². The van der Waals surface area contributed by atoms with Gasteiger partial charge >= 0.3 is 6.03 Å². The Hall–Kier alpha value is -1.57. The maximum atomic E-state index is 13.0. The first-order chi connectivity index (χ1) is 21.5. The van der Waals surface area contributed by atoms with Crippen LogP contribution in [0.3, 0.4) is 0 Å². The Morgan fingerprint density at radius 3 is 2.67 bits per heavy atom. The number of amides is 3. The van der Waals surface area contributed by atoms with Crippen molar-refractivity contribution in [2.24, 2.45) is 45.6 Å². The molecule has 0 bridgehead atoms. The molecule has 252 valence electrons. The summed E-state index contributed by atoms with van der Waals surface area (Å²) in [5, 5.41) is 9.96. The molecular weight excluding hydrogens is 580 g/mol. The summed E-state index contributed by atoms with van der Waals surface area (Å²) in [6, 6.07) is 0.699. The number of nitrogens with zero attached hydrogens (tertiary/aromatic N) is 2. The number of nitroso groups, excluding NO2 is 1. The van der Waals surface area contributed by atoms with Gasteiger partial charge in [-0.2, -0.15) is 16.7 Å². The van der Waals surface area contributed by atoms with E-state index in [1.165, 1.54) is 51.4 Å². The smallest absolute Gasteiger partial charge is 0.315 e. The Morgan fingerprint density at radius 2 is 1.87 bits per heavy atom. The first-order valence-electron chi connectivity index (χ1n) is 18.5. The Bertz CT molecular complexity index is 1150. The molecule has 2 heterocycles. The number of thioether (sulfide) groups is 1. The van der Waals surface area contributed by atoms with Crippen molar-refractivity contribution >= 4 is 23.7 Å². The highest BCUT2D eigenvalue weighted by Crippen LogP contribution is 2.67. The van der Waals surface area contributed by atoms with Gasteiger partial charge in [0.25, 0.3) is 0 Å². The van der Waals surface area contributed by atoms with Crippen LogP contribution >= 0.6 is 11.8 Å². The number of hydrogen-bond acceptors (Lipinski definition) is 5. The largest absolute Gasteiger partial charge is 0.343 e. The van der Waals surface area contributed by atoms with E-state index in [1.54, 1.807) is 5.57 Å². The zero-order valence-corrected chi connectivity index (χ0v) is 29.5. The van der Waals surface area contributed by atoms with Gasteiger partial charge in [-0.25, -0.2) is 4.79 Å². The fourth-order valence-electron chi connectivity index (χ4n) is 11.6. The number of urea groups is 1. The molecule has 2 N–H and O–H groups in total. The van der Waals surface area contributed by atoms with Crippen LogP contribution in [0.5, 0.6) is 0 Å². The van der Waals surface area contributed by atoms with E-state index in [9.17, 15) is 14.5 Å². The predicted octanol–water partition coefficient (Wildman–Crippen LogP) is 8.08. The first kappa shape index (κ1) is 33.3. The van der Waals surface area contributed by atoms with E-state index >= 15 is 0 Å². The van der Waals surface area contributed by atoms with Crippen molar-refractivity contribution in [1.82, 2.24) is 15.5 Å². The number of allylic oxidation sites excluding steroid dienone is 1. The summed E-state index contributed by atoms with van der Waals surface area (Å²) in [5.41, 5.74) is 2.32. The van der Waals surface area contributed by atoms with Crippen LogP contribution in [0.4, 0.5) is 4.79 Å². The van der Waals surface area contributed by atoms with Crippen LogP contribution in [-0.2, 0) is 4.79 Å².